The van der Waals surface area contributed by atoms with E-state index in [-0.39, 0.29) is 0 Å². The molecule has 1 heterocycles. The molecule has 3 rings (SSSR count). The molecular formula is C15H18N2O2. The van der Waals surface area contributed by atoms with E-state index in [1.807, 2.05) is 16.9 Å². The Kier molecular flexibility index (Phi) is 3.03. The van der Waals surface area contributed by atoms with Crippen LogP contribution in [0.5, 0.6) is 5.75 Å². The van der Waals surface area contributed by atoms with E-state index in [0.29, 0.717) is 6.54 Å². The lowest BCUT2D eigenvalue weighted by atomic mass is 9.90. The molecule has 0 saturated heterocycles. The SMILES string of the molecule is COc1ccc2c(c1)-c1c(cnn1CC(C)O)CC2. The maximum absolute atomic E-state index is 9.59. The molecule has 2 aromatic rings. The number of hydrogen-bond donors (Lipinski definition) is 1. The molecule has 1 aromatic carbocycles. The fourth-order valence-electron chi connectivity index (χ4n) is 2.70. The average Bonchev–Trinajstić information content (AvgIpc) is 2.81. The number of aliphatic hydroxyl groups is 1. The highest BCUT2D eigenvalue weighted by atomic mass is 16.5. The number of methoxy groups -OCH3 is 1. The van der Waals surface area contributed by atoms with E-state index in [0.717, 1.165) is 24.3 Å². The summed E-state index contributed by atoms with van der Waals surface area (Å²) in [5.41, 5.74) is 4.88. The smallest absolute Gasteiger partial charge is 0.119 e. The van der Waals surface area contributed by atoms with Crippen LogP contribution in [0.25, 0.3) is 11.3 Å². The molecular weight excluding hydrogens is 240 g/mol. The van der Waals surface area contributed by atoms with Crippen molar-refractivity contribution in [1.82, 2.24) is 9.78 Å². The highest BCUT2D eigenvalue weighted by Gasteiger charge is 2.21. The minimum atomic E-state index is -0.403. The zero-order chi connectivity index (χ0) is 13.4. The quantitative estimate of drug-likeness (QED) is 0.916. The maximum atomic E-state index is 9.59. The van der Waals surface area contributed by atoms with Crippen LogP contribution in [0.15, 0.2) is 24.4 Å². The van der Waals surface area contributed by atoms with Gasteiger partial charge in [0.15, 0.2) is 0 Å². The Balaban J connectivity index is 2.12. The second-order valence-electron chi connectivity index (χ2n) is 5.07. The molecule has 0 amide bonds. The molecule has 1 unspecified atom stereocenters. The van der Waals surface area contributed by atoms with Gasteiger partial charge in [-0.25, -0.2) is 0 Å². The molecule has 0 bridgehead atoms. The summed E-state index contributed by atoms with van der Waals surface area (Å²) >= 11 is 0. The van der Waals surface area contributed by atoms with Crippen LogP contribution in [0.1, 0.15) is 18.1 Å². The van der Waals surface area contributed by atoms with Crippen LogP contribution in [0.2, 0.25) is 0 Å². The Bertz CT molecular complexity index is 602. The summed E-state index contributed by atoms with van der Waals surface area (Å²) in [5.74, 6) is 0.858. The molecule has 0 spiro atoms. The third-order valence-electron chi connectivity index (χ3n) is 3.59. The van der Waals surface area contributed by atoms with Crippen LogP contribution in [0.4, 0.5) is 0 Å². The minimum Gasteiger partial charge on any atom is -0.497 e. The van der Waals surface area contributed by atoms with E-state index in [4.69, 9.17) is 4.74 Å². The Morgan fingerprint density at radius 3 is 2.89 bits per heavy atom. The fraction of sp³-hybridized carbons (Fsp3) is 0.400. The van der Waals surface area contributed by atoms with Crippen molar-refractivity contribution in [2.45, 2.75) is 32.4 Å². The van der Waals surface area contributed by atoms with Crippen LogP contribution in [-0.2, 0) is 19.4 Å². The lowest BCUT2D eigenvalue weighted by molar-refractivity contribution is 0.169. The lowest BCUT2D eigenvalue weighted by Crippen LogP contribution is -2.15. The van der Waals surface area contributed by atoms with Gasteiger partial charge in [-0.1, -0.05) is 6.07 Å². The van der Waals surface area contributed by atoms with E-state index in [1.54, 1.807) is 14.0 Å². The molecule has 0 aliphatic heterocycles. The topological polar surface area (TPSA) is 47.3 Å². The first-order valence-corrected chi connectivity index (χ1v) is 6.59. The van der Waals surface area contributed by atoms with Crippen molar-refractivity contribution < 1.29 is 9.84 Å². The summed E-state index contributed by atoms with van der Waals surface area (Å²) in [6.45, 7) is 2.30. The Hall–Kier alpha value is -1.81. The summed E-state index contributed by atoms with van der Waals surface area (Å²) < 4.78 is 7.21. The number of rotatable bonds is 3. The highest BCUT2D eigenvalue weighted by molar-refractivity contribution is 5.71. The Labute approximate surface area is 112 Å². The van der Waals surface area contributed by atoms with Crippen LogP contribution >= 0.6 is 0 Å². The van der Waals surface area contributed by atoms with E-state index in [9.17, 15) is 5.11 Å². The van der Waals surface area contributed by atoms with Gasteiger partial charge in [0.1, 0.15) is 5.75 Å². The monoisotopic (exact) mass is 258 g/mol. The molecule has 4 heteroatoms. The summed E-state index contributed by atoms with van der Waals surface area (Å²) in [7, 11) is 1.68. The van der Waals surface area contributed by atoms with Gasteiger partial charge in [-0.05, 0) is 43.0 Å². The molecule has 4 nitrogen and oxygen atoms in total. The fourth-order valence-corrected chi connectivity index (χ4v) is 2.70. The molecule has 1 aliphatic carbocycles. The van der Waals surface area contributed by atoms with Crippen molar-refractivity contribution in [2.75, 3.05) is 7.11 Å². The van der Waals surface area contributed by atoms with Gasteiger partial charge < -0.3 is 9.84 Å². The third kappa shape index (κ3) is 2.12. The predicted octanol–water partition coefficient (Wildman–Crippen LogP) is 2.04. The summed E-state index contributed by atoms with van der Waals surface area (Å²) in [5, 5.41) is 14.0. The molecule has 1 atom stereocenters. The van der Waals surface area contributed by atoms with Crippen LogP contribution in [0, 0.1) is 0 Å². The largest absolute Gasteiger partial charge is 0.497 e. The molecule has 0 fully saturated rings. The molecule has 0 saturated carbocycles. The molecule has 0 radical (unpaired) electrons. The standard InChI is InChI=1S/C15H18N2O2/c1-10(18)9-17-15-12(8-16-17)4-3-11-5-6-13(19-2)7-14(11)15/h5-8,10,18H,3-4,9H2,1-2H3. The second-order valence-corrected chi connectivity index (χ2v) is 5.07. The normalized spacial score (nSPS) is 14.7. The summed E-state index contributed by atoms with van der Waals surface area (Å²) in [6, 6.07) is 6.18. The third-order valence-corrected chi connectivity index (χ3v) is 3.59. The van der Waals surface area contributed by atoms with Crippen LogP contribution in [0.3, 0.4) is 0 Å². The van der Waals surface area contributed by atoms with E-state index in [1.165, 1.54) is 16.7 Å². The van der Waals surface area contributed by atoms with Crippen molar-refractivity contribution in [1.29, 1.82) is 0 Å². The van der Waals surface area contributed by atoms with Crippen LogP contribution < -0.4 is 4.74 Å². The Morgan fingerprint density at radius 1 is 1.37 bits per heavy atom. The van der Waals surface area contributed by atoms with E-state index in [2.05, 4.69) is 17.2 Å². The molecule has 1 N–H and O–H groups in total. The van der Waals surface area contributed by atoms with Crippen molar-refractivity contribution in [3.63, 3.8) is 0 Å². The van der Waals surface area contributed by atoms with Crippen molar-refractivity contribution in [2.24, 2.45) is 0 Å². The van der Waals surface area contributed by atoms with Crippen molar-refractivity contribution >= 4 is 0 Å². The summed E-state index contributed by atoms with van der Waals surface area (Å²) in [6.07, 6.45) is 3.56. The van der Waals surface area contributed by atoms with Gasteiger partial charge in [-0.2, -0.15) is 5.10 Å². The van der Waals surface area contributed by atoms with Gasteiger partial charge in [0.25, 0.3) is 0 Å². The molecule has 100 valence electrons. The number of aryl methyl sites for hydroxylation is 2. The lowest BCUT2D eigenvalue weighted by Gasteiger charge is -2.19. The number of benzene rings is 1. The van der Waals surface area contributed by atoms with Gasteiger partial charge in [-0.15, -0.1) is 0 Å². The van der Waals surface area contributed by atoms with Crippen molar-refractivity contribution in [3.05, 3.63) is 35.5 Å². The number of aromatic nitrogens is 2. The van der Waals surface area contributed by atoms with Crippen LogP contribution in [-0.4, -0.2) is 28.1 Å². The zero-order valence-electron chi connectivity index (χ0n) is 11.3. The van der Waals surface area contributed by atoms with Gasteiger partial charge in [-0.3, -0.25) is 4.68 Å². The first kappa shape index (κ1) is 12.2. The zero-order valence-corrected chi connectivity index (χ0v) is 11.3. The number of aliphatic hydroxyl groups excluding tert-OH is 1. The summed E-state index contributed by atoms with van der Waals surface area (Å²) in [4.78, 5) is 0. The average molecular weight is 258 g/mol. The number of fused-ring (bicyclic) bond motifs is 3. The highest BCUT2D eigenvalue weighted by Crippen LogP contribution is 2.35. The molecule has 1 aliphatic rings. The van der Waals surface area contributed by atoms with Gasteiger partial charge in [0.2, 0.25) is 0 Å². The minimum absolute atomic E-state index is 0.403. The first-order chi connectivity index (χ1) is 9.19. The van der Waals surface area contributed by atoms with Crippen molar-refractivity contribution in [3.8, 4) is 17.0 Å². The maximum Gasteiger partial charge on any atom is 0.119 e. The second kappa shape index (κ2) is 4.70. The first-order valence-electron chi connectivity index (χ1n) is 6.59. The number of ether oxygens (including phenoxy) is 1. The van der Waals surface area contributed by atoms with Gasteiger partial charge in [0.05, 0.1) is 31.6 Å². The van der Waals surface area contributed by atoms with Gasteiger partial charge in [0, 0.05) is 5.56 Å². The predicted molar refractivity (Wildman–Crippen MR) is 73.3 cm³/mol. The van der Waals surface area contributed by atoms with E-state index < -0.39 is 6.10 Å². The molecule has 1 aromatic heterocycles. The van der Waals surface area contributed by atoms with Gasteiger partial charge >= 0.3 is 0 Å². The number of nitrogens with zero attached hydrogens (tertiary/aromatic N) is 2. The Morgan fingerprint density at radius 2 is 2.16 bits per heavy atom. The van der Waals surface area contributed by atoms with E-state index >= 15 is 0 Å². The molecule has 19 heavy (non-hydrogen) atoms. The number of hydrogen-bond acceptors (Lipinski definition) is 3.